The average molecular weight is 336 g/mol. The number of aromatic amines is 1. The van der Waals surface area contributed by atoms with E-state index >= 15 is 0 Å². The van der Waals surface area contributed by atoms with E-state index in [0.717, 1.165) is 33.9 Å². The maximum absolute atomic E-state index is 6.05. The van der Waals surface area contributed by atoms with Gasteiger partial charge in [0.15, 0.2) is 11.0 Å². The lowest BCUT2D eigenvalue weighted by atomic mass is 10.1. The van der Waals surface area contributed by atoms with Crippen LogP contribution < -0.4 is 10.5 Å². The second-order valence-electron chi connectivity index (χ2n) is 5.42. The molecule has 24 heavy (non-hydrogen) atoms. The first-order valence-corrected chi connectivity index (χ1v) is 8.42. The predicted molar refractivity (Wildman–Crippen MR) is 99.0 cm³/mol. The molecule has 1 atom stereocenters. The summed E-state index contributed by atoms with van der Waals surface area (Å²) < 4.78 is 5.22. The smallest absolute Gasteiger partial charge is 0.160 e. The molecule has 0 aliphatic carbocycles. The molecule has 0 radical (unpaired) electrons. The molecule has 3 N–H and O–H groups in total. The molecule has 0 spiro atoms. The zero-order chi connectivity index (χ0) is 16.5. The summed E-state index contributed by atoms with van der Waals surface area (Å²) in [7, 11) is 1.66. The van der Waals surface area contributed by atoms with E-state index in [1.165, 1.54) is 11.8 Å². The number of imidazole rings is 1. The Morgan fingerprint density at radius 1 is 1.12 bits per heavy atom. The Hall–Kier alpha value is -2.73. The molecule has 2 heterocycles. The van der Waals surface area contributed by atoms with Crippen LogP contribution in [0, 0.1) is 0 Å². The molecule has 1 aliphatic heterocycles. The third-order valence-corrected chi connectivity index (χ3v) is 4.86. The zero-order valence-electron chi connectivity index (χ0n) is 13.1. The minimum absolute atomic E-state index is 0.0941. The Kier molecular flexibility index (Phi) is 3.74. The number of aromatic nitrogens is 2. The molecule has 0 fully saturated rings. The predicted octanol–water partition coefficient (Wildman–Crippen LogP) is 3.72. The fourth-order valence-electron chi connectivity index (χ4n) is 2.65. The number of methoxy groups -OCH3 is 1. The van der Waals surface area contributed by atoms with Crippen molar-refractivity contribution in [3.05, 3.63) is 66.0 Å². The van der Waals surface area contributed by atoms with Gasteiger partial charge in [0.05, 0.1) is 23.4 Å². The quantitative estimate of drug-likeness (QED) is 0.764. The van der Waals surface area contributed by atoms with Crippen molar-refractivity contribution in [2.75, 3.05) is 7.11 Å². The van der Waals surface area contributed by atoms with Crippen LogP contribution in [0.4, 0.5) is 0 Å². The lowest BCUT2D eigenvalue weighted by molar-refractivity contribution is 0.414. The Bertz CT molecular complexity index is 910. The van der Waals surface area contributed by atoms with E-state index < -0.39 is 0 Å². The topological polar surface area (TPSA) is 76.3 Å². The van der Waals surface area contributed by atoms with Crippen LogP contribution in [-0.2, 0) is 0 Å². The SMILES string of the molecule is COc1ccc(C2C=C(c3nc4ccccc4[nH]3)N=C(N)S2)cc1. The largest absolute Gasteiger partial charge is 0.497 e. The van der Waals surface area contributed by atoms with Crippen molar-refractivity contribution in [3.8, 4) is 5.75 Å². The van der Waals surface area contributed by atoms with E-state index in [0.29, 0.717) is 5.17 Å². The summed E-state index contributed by atoms with van der Waals surface area (Å²) in [6, 6.07) is 15.9. The second kappa shape index (κ2) is 6.05. The van der Waals surface area contributed by atoms with Crippen molar-refractivity contribution < 1.29 is 4.74 Å². The van der Waals surface area contributed by atoms with Crippen LogP contribution in [0.25, 0.3) is 16.7 Å². The molecule has 0 saturated heterocycles. The van der Waals surface area contributed by atoms with Gasteiger partial charge in [-0.1, -0.05) is 36.0 Å². The highest BCUT2D eigenvalue weighted by Crippen LogP contribution is 2.37. The van der Waals surface area contributed by atoms with E-state index in [4.69, 9.17) is 10.5 Å². The second-order valence-corrected chi connectivity index (χ2v) is 6.58. The van der Waals surface area contributed by atoms with Gasteiger partial charge in [0.25, 0.3) is 0 Å². The van der Waals surface area contributed by atoms with E-state index in [1.54, 1.807) is 7.11 Å². The lowest BCUT2D eigenvalue weighted by Crippen LogP contribution is -2.13. The van der Waals surface area contributed by atoms with Gasteiger partial charge in [-0.2, -0.15) is 0 Å². The van der Waals surface area contributed by atoms with Crippen molar-refractivity contribution in [1.82, 2.24) is 9.97 Å². The van der Waals surface area contributed by atoms with Gasteiger partial charge in [-0.3, -0.25) is 0 Å². The van der Waals surface area contributed by atoms with Crippen LogP contribution in [0.2, 0.25) is 0 Å². The highest BCUT2D eigenvalue weighted by atomic mass is 32.2. The van der Waals surface area contributed by atoms with E-state index in [1.807, 2.05) is 48.5 Å². The molecule has 5 nitrogen and oxygen atoms in total. The monoisotopic (exact) mass is 336 g/mol. The van der Waals surface area contributed by atoms with Crippen LogP contribution in [-0.4, -0.2) is 22.2 Å². The number of hydrogen-bond acceptors (Lipinski definition) is 5. The van der Waals surface area contributed by atoms with Gasteiger partial charge in [0, 0.05) is 0 Å². The Labute approximate surface area is 143 Å². The minimum atomic E-state index is 0.0941. The number of thioether (sulfide) groups is 1. The van der Waals surface area contributed by atoms with Gasteiger partial charge in [0.1, 0.15) is 11.4 Å². The number of hydrogen-bond donors (Lipinski definition) is 2. The minimum Gasteiger partial charge on any atom is -0.497 e. The molecule has 1 aliphatic rings. The number of nitrogens with two attached hydrogens (primary N) is 1. The third-order valence-electron chi connectivity index (χ3n) is 3.86. The van der Waals surface area contributed by atoms with Crippen LogP contribution >= 0.6 is 11.8 Å². The fraction of sp³-hybridized carbons (Fsp3) is 0.111. The van der Waals surface area contributed by atoms with E-state index in [-0.39, 0.29) is 5.25 Å². The molecule has 1 aromatic heterocycles. The number of nitrogens with one attached hydrogen (secondary N) is 1. The number of amidine groups is 1. The summed E-state index contributed by atoms with van der Waals surface area (Å²) in [4.78, 5) is 12.4. The van der Waals surface area contributed by atoms with E-state index in [9.17, 15) is 0 Å². The Morgan fingerprint density at radius 3 is 2.67 bits per heavy atom. The summed E-state index contributed by atoms with van der Waals surface area (Å²) in [5, 5.41) is 0.630. The maximum atomic E-state index is 6.05. The Morgan fingerprint density at radius 2 is 1.92 bits per heavy atom. The maximum Gasteiger partial charge on any atom is 0.160 e. The molecule has 0 bridgehead atoms. The molecule has 6 heteroatoms. The lowest BCUT2D eigenvalue weighted by Gasteiger charge is -2.18. The number of nitrogens with zero attached hydrogens (tertiary/aromatic N) is 2. The van der Waals surface area contributed by atoms with Crippen molar-refractivity contribution >= 4 is 33.7 Å². The highest BCUT2D eigenvalue weighted by Gasteiger charge is 2.20. The Balaban J connectivity index is 1.71. The number of ether oxygens (including phenoxy) is 1. The molecule has 2 aromatic carbocycles. The number of rotatable bonds is 3. The zero-order valence-corrected chi connectivity index (χ0v) is 13.9. The highest BCUT2D eigenvalue weighted by molar-refractivity contribution is 8.14. The van der Waals surface area contributed by atoms with Crippen molar-refractivity contribution in [3.63, 3.8) is 0 Å². The molecule has 120 valence electrons. The van der Waals surface area contributed by atoms with Crippen LogP contribution in [0.1, 0.15) is 16.6 Å². The first-order valence-electron chi connectivity index (χ1n) is 7.54. The van der Waals surface area contributed by atoms with Gasteiger partial charge < -0.3 is 15.5 Å². The number of H-pyrrole nitrogens is 1. The van der Waals surface area contributed by atoms with Crippen molar-refractivity contribution in [1.29, 1.82) is 0 Å². The normalized spacial score (nSPS) is 17.5. The van der Waals surface area contributed by atoms with Crippen LogP contribution in [0.15, 0.2) is 59.6 Å². The number of para-hydroxylation sites is 2. The molecule has 3 aromatic rings. The first kappa shape index (κ1) is 14.8. The van der Waals surface area contributed by atoms with Gasteiger partial charge in [-0.25, -0.2) is 9.98 Å². The molecule has 0 saturated carbocycles. The van der Waals surface area contributed by atoms with Gasteiger partial charge in [-0.05, 0) is 35.9 Å². The summed E-state index contributed by atoms with van der Waals surface area (Å²) in [5.74, 6) is 1.57. The number of fused-ring (bicyclic) bond motifs is 1. The summed E-state index contributed by atoms with van der Waals surface area (Å²) in [5.41, 5.74) is 9.86. The fourth-order valence-corrected chi connectivity index (χ4v) is 3.56. The number of benzene rings is 2. The molecule has 1 unspecified atom stereocenters. The summed E-state index contributed by atoms with van der Waals surface area (Å²) in [6.45, 7) is 0. The summed E-state index contributed by atoms with van der Waals surface area (Å²) >= 11 is 1.53. The third kappa shape index (κ3) is 2.76. The molecular weight excluding hydrogens is 320 g/mol. The summed E-state index contributed by atoms with van der Waals surface area (Å²) in [6.07, 6.45) is 2.08. The van der Waals surface area contributed by atoms with E-state index in [2.05, 4.69) is 21.0 Å². The average Bonchev–Trinajstić information content (AvgIpc) is 3.05. The van der Waals surface area contributed by atoms with Crippen LogP contribution in [0.5, 0.6) is 5.75 Å². The van der Waals surface area contributed by atoms with Gasteiger partial charge in [-0.15, -0.1) is 0 Å². The van der Waals surface area contributed by atoms with Crippen molar-refractivity contribution in [2.45, 2.75) is 5.25 Å². The molecule has 4 rings (SSSR count). The van der Waals surface area contributed by atoms with Gasteiger partial charge >= 0.3 is 0 Å². The van der Waals surface area contributed by atoms with Gasteiger partial charge in [0.2, 0.25) is 0 Å². The molecular formula is C18H16N4OS. The number of aliphatic imine (C=N–C) groups is 1. The standard InChI is InChI=1S/C18H16N4OS/c1-23-12-8-6-11(7-9-12)16-10-15(22-18(19)24-16)17-20-13-4-2-3-5-14(13)21-17/h2-10,16H,1H3,(H2,19,22)(H,20,21). The van der Waals surface area contributed by atoms with Crippen LogP contribution in [0.3, 0.4) is 0 Å². The first-order chi connectivity index (χ1) is 11.7. The van der Waals surface area contributed by atoms with Crippen molar-refractivity contribution in [2.24, 2.45) is 10.7 Å². The molecule has 0 amide bonds.